The molecular weight excluding hydrogens is 518 g/mol. The first-order chi connectivity index (χ1) is 20.0. The van der Waals surface area contributed by atoms with E-state index in [1.807, 2.05) is 85.8 Å². The quantitative estimate of drug-likeness (QED) is 0.268. The van der Waals surface area contributed by atoms with Crippen LogP contribution in [0.15, 0.2) is 97.1 Å². The average Bonchev–Trinajstić information content (AvgIpc) is 3.41. The lowest BCUT2D eigenvalue weighted by Crippen LogP contribution is -2.45. The minimum Gasteiger partial charge on any atom is -0.497 e. The van der Waals surface area contributed by atoms with Crippen LogP contribution in [-0.4, -0.2) is 41.0 Å². The number of hydrogen-bond donors (Lipinski definition) is 1. The second-order valence-corrected chi connectivity index (χ2v) is 9.50. The number of carbonyl (C=O) groups is 2. The van der Waals surface area contributed by atoms with Crippen molar-refractivity contribution in [3.8, 4) is 11.5 Å². The summed E-state index contributed by atoms with van der Waals surface area (Å²) in [7, 11) is 3.09. The molecule has 208 valence electrons. The third kappa shape index (κ3) is 5.89. The first kappa shape index (κ1) is 27.4. The fraction of sp³-hybridized carbons (Fsp3) is 0.188. The molecule has 0 saturated carbocycles. The lowest BCUT2D eigenvalue weighted by Gasteiger charge is -2.33. The summed E-state index contributed by atoms with van der Waals surface area (Å²) in [6, 6.07) is 28.6. The molecule has 0 aliphatic rings. The molecule has 0 aliphatic heterocycles. The topological polar surface area (TPSA) is 98.6 Å². The van der Waals surface area contributed by atoms with Crippen LogP contribution in [0.5, 0.6) is 11.5 Å². The van der Waals surface area contributed by atoms with Crippen molar-refractivity contribution in [2.24, 2.45) is 0 Å². The number of nitrogens with one attached hydrogen (secondary N) is 1. The number of rotatable bonds is 10. The van der Waals surface area contributed by atoms with E-state index in [9.17, 15) is 9.59 Å². The number of fused-ring (bicyclic) bond motifs is 1. The number of benzene rings is 4. The van der Waals surface area contributed by atoms with Gasteiger partial charge >= 0.3 is 0 Å². The van der Waals surface area contributed by atoms with Crippen LogP contribution >= 0.6 is 0 Å². The minimum atomic E-state index is -1.09. The van der Waals surface area contributed by atoms with Crippen LogP contribution in [0.3, 0.4) is 0 Å². The first-order valence-corrected chi connectivity index (χ1v) is 13.2. The van der Waals surface area contributed by atoms with E-state index in [1.165, 1.54) is 12.0 Å². The van der Waals surface area contributed by atoms with Crippen LogP contribution in [-0.2, 0) is 22.7 Å². The molecule has 1 atom stereocenters. The van der Waals surface area contributed by atoms with E-state index in [0.29, 0.717) is 28.3 Å². The highest BCUT2D eigenvalue weighted by Gasteiger charge is 2.36. The number of anilines is 1. The molecule has 5 rings (SSSR count). The minimum absolute atomic E-state index is 0.135. The SMILES string of the molecule is COc1ccc(OC)c([C@H](C(=O)NCc2ccccc2)N(C(=O)Cn2nnc3ccccc32)c2ccccc2C)c1. The Morgan fingerprint density at radius 1 is 0.902 bits per heavy atom. The van der Waals surface area contributed by atoms with Gasteiger partial charge in [0.15, 0.2) is 0 Å². The van der Waals surface area contributed by atoms with Gasteiger partial charge in [-0.1, -0.05) is 65.9 Å². The van der Waals surface area contributed by atoms with Crippen LogP contribution in [0.25, 0.3) is 11.0 Å². The van der Waals surface area contributed by atoms with Gasteiger partial charge in [-0.2, -0.15) is 0 Å². The fourth-order valence-corrected chi connectivity index (χ4v) is 4.82. The normalized spacial score (nSPS) is 11.6. The van der Waals surface area contributed by atoms with E-state index < -0.39 is 6.04 Å². The van der Waals surface area contributed by atoms with E-state index >= 15 is 0 Å². The molecule has 9 nitrogen and oxygen atoms in total. The zero-order valence-corrected chi connectivity index (χ0v) is 23.2. The Hall–Kier alpha value is -5.18. The summed E-state index contributed by atoms with van der Waals surface area (Å²) in [4.78, 5) is 30.1. The molecule has 9 heteroatoms. The highest BCUT2D eigenvalue weighted by Crippen LogP contribution is 2.37. The second kappa shape index (κ2) is 12.3. The second-order valence-electron chi connectivity index (χ2n) is 9.50. The molecule has 2 amide bonds. The van der Waals surface area contributed by atoms with Gasteiger partial charge in [-0.05, 0) is 54.4 Å². The zero-order valence-electron chi connectivity index (χ0n) is 23.2. The van der Waals surface area contributed by atoms with Crippen molar-refractivity contribution in [2.75, 3.05) is 19.1 Å². The van der Waals surface area contributed by atoms with Gasteiger partial charge in [-0.25, -0.2) is 4.68 Å². The number of aromatic nitrogens is 3. The smallest absolute Gasteiger partial charge is 0.249 e. The monoisotopic (exact) mass is 549 g/mol. The maximum Gasteiger partial charge on any atom is 0.249 e. The van der Waals surface area contributed by atoms with Crippen molar-refractivity contribution in [3.05, 3.63) is 114 Å². The predicted molar refractivity (Wildman–Crippen MR) is 157 cm³/mol. The summed E-state index contributed by atoms with van der Waals surface area (Å²) in [6.45, 7) is 2.05. The maximum absolute atomic E-state index is 14.3. The lowest BCUT2D eigenvalue weighted by atomic mass is 10.00. The van der Waals surface area contributed by atoms with E-state index in [-0.39, 0.29) is 24.9 Å². The van der Waals surface area contributed by atoms with Gasteiger partial charge < -0.3 is 14.8 Å². The van der Waals surface area contributed by atoms with E-state index in [2.05, 4.69) is 15.6 Å². The van der Waals surface area contributed by atoms with Gasteiger partial charge in [0, 0.05) is 17.8 Å². The number of ether oxygens (including phenoxy) is 2. The summed E-state index contributed by atoms with van der Waals surface area (Å²) >= 11 is 0. The van der Waals surface area contributed by atoms with Crippen molar-refractivity contribution in [1.82, 2.24) is 20.3 Å². The van der Waals surface area contributed by atoms with E-state index in [1.54, 1.807) is 30.0 Å². The van der Waals surface area contributed by atoms with Gasteiger partial charge in [0.05, 0.1) is 19.7 Å². The molecule has 0 aliphatic carbocycles. The Balaban J connectivity index is 1.63. The van der Waals surface area contributed by atoms with Gasteiger partial charge in [0.25, 0.3) is 0 Å². The van der Waals surface area contributed by atoms with Crippen molar-refractivity contribution in [1.29, 1.82) is 0 Å². The molecule has 1 aromatic heterocycles. The highest BCUT2D eigenvalue weighted by atomic mass is 16.5. The van der Waals surface area contributed by atoms with Gasteiger partial charge in [0.2, 0.25) is 11.8 Å². The summed E-state index contributed by atoms with van der Waals surface area (Å²) in [5, 5.41) is 11.5. The predicted octanol–water partition coefficient (Wildman–Crippen LogP) is 4.85. The number of nitrogens with zero attached hydrogens (tertiary/aromatic N) is 4. The van der Waals surface area contributed by atoms with Gasteiger partial charge in [0.1, 0.15) is 29.6 Å². The highest BCUT2D eigenvalue weighted by molar-refractivity contribution is 6.02. The maximum atomic E-state index is 14.3. The standard InChI is InChI=1S/C32H31N5O4/c1-22-11-7-9-15-27(22)37(30(38)21-36-28-16-10-8-14-26(28)34-35-36)31(25-19-24(40-2)17-18-29(25)41-3)32(39)33-20-23-12-5-4-6-13-23/h4-19,31H,20-21H2,1-3H3,(H,33,39)/t31-/m1/s1. The molecule has 41 heavy (non-hydrogen) atoms. The van der Waals surface area contributed by atoms with Crippen LogP contribution in [0.2, 0.25) is 0 Å². The first-order valence-electron chi connectivity index (χ1n) is 13.2. The summed E-state index contributed by atoms with van der Waals surface area (Å²) < 4.78 is 12.7. The van der Waals surface area contributed by atoms with Gasteiger partial charge in [-0.15, -0.1) is 5.10 Å². The largest absolute Gasteiger partial charge is 0.497 e. The lowest BCUT2D eigenvalue weighted by molar-refractivity contribution is -0.127. The van der Waals surface area contributed by atoms with Crippen LogP contribution in [0.1, 0.15) is 22.7 Å². The average molecular weight is 550 g/mol. The Kier molecular flexibility index (Phi) is 8.24. The Morgan fingerprint density at radius 3 is 2.39 bits per heavy atom. The number of methoxy groups -OCH3 is 2. The summed E-state index contributed by atoms with van der Waals surface area (Å²) in [5.74, 6) is 0.254. The zero-order chi connectivity index (χ0) is 28.8. The number of carbonyl (C=O) groups excluding carboxylic acids is 2. The van der Waals surface area contributed by atoms with Crippen molar-refractivity contribution in [3.63, 3.8) is 0 Å². The molecule has 0 saturated heterocycles. The molecule has 0 spiro atoms. The van der Waals surface area contributed by atoms with E-state index in [0.717, 1.165) is 16.6 Å². The number of aryl methyl sites for hydroxylation is 1. The third-order valence-corrected chi connectivity index (χ3v) is 6.90. The molecule has 4 aromatic carbocycles. The molecule has 0 unspecified atom stereocenters. The molecule has 0 bridgehead atoms. The summed E-state index contributed by atoms with van der Waals surface area (Å²) in [6.07, 6.45) is 0. The van der Waals surface area contributed by atoms with Crippen molar-refractivity contribution < 1.29 is 19.1 Å². The Morgan fingerprint density at radius 2 is 1.63 bits per heavy atom. The van der Waals surface area contributed by atoms with Crippen LogP contribution < -0.4 is 19.7 Å². The Bertz CT molecular complexity index is 1670. The van der Waals surface area contributed by atoms with Crippen molar-refractivity contribution >= 4 is 28.5 Å². The molecule has 5 aromatic rings. The molecular formula is C32H31N5O4. The fourth-order valence-electron chi connectivity index (χ4n) is 4.82. The van der Waals surface area contributed by atoms with Crippen LogP contribution in [0.4, 0.5) is 5.69 Å². The van der Waals surface area contributed by atoms with Gasteiger partial charge in [-0.3, -0.25) is 14.5 Å². The van der Waals surface area contributed by atoms with Crippen LogP contribution in [0, 0.1) is 6.92 Å². The number of para-hydroxylation sites is 2. The Labute approximate surface area is 238 Å². The number of hydrogen-bond acceptors (Lipinski definition) is 6. The third-order valence-electron chi connectivity index (χ3n) is 6.90. The molecule has 0 radical (unpaired) electrons. The molecule has 0 fully saturated rings. The number of amides is 2. The molecule has 1 N–H and O–H groups in total. The van der Waals surface area contributed by atoms with Crippen molar-refractivity contribution in [2.45, 2.75) is 26.1 Å². The molecule has 1 heterocycles. The van der Waals surface area contributed by atoms with E-state index in [4.69, 9.17) is 9.47 Å². The summed E-state index contributed by atoms with van der Waals surface area (Å²) in [5.41, 5.74) is 4.22.